The Hall–Kier alpha value is -1.19. The molecular formula is C24H36O4. The third-order valence-electron chi connectivity index (χ3n) is 9.59. The van der Waals surface area contributed by atoms with Gasteiger partial charge in [-0.2, -0.15) is 0 Å². The van der Waals surface area contributed by atoms with E-state index < -0.39 is 0 Å². The highest BCUT2D eigenvalue weighted by Gasteiger charge is 2.62. The molecule has 4 fully saturated rings. The van der Waals surface area contributed by atoms with Gasteiger partial charge in [-0.15, -0.1) is 0 Å². The predicted octanol–water partition coefficient (Wildman–Crippen LogP) is 4.59. The lowest BCUT2D eigenvalue weighted by Gasteiger charge is -2.59. The molecule has 4 saturated carbocycles. The molecule has 0 aromatic heterocycles. The molecule has 0 heterocycles. The second kappa shape index (κ2) is 6.95. The van der Waals surface area contributed by atoms with Gasteiger partial charge < -0.3 is 4.74 Å². The summed E-state index contributed by atoms with van der Waals surface area (Å²) in [5.74, 6) is 3.01. The number of ether oxygens (including phenoxy) is 1. The molecule has 8 atom stereocenters. The normalized spacial score (nSPS) is 46.4. The second-order valence-corrected chi connectivity index (χ2v) is 10.9. The number of carbonyl (C=O) groups excluding carboxylic acids is 3. The van der Waals surface area contributed by atoms with Crippen LogP contribution in [-0.2, 0) is 19.1 Å². The monoisotopic (exact) mass is 388 g/mol. The van der Waals surface area contributed by atoms with Crippen molar-refractivity contribution >= 4 is 17.5 Å². The fourth-order valence-electron chi connectivity index (χ4n) is 8.18. The van der Waals surface area contributed by atoms with E-state index in [1.165, 1.54) is 32.6 Å². The van der Waals surface area contributed by atoms with Crippen LogP contribution in [0.1, 0.15) is 79.1 Å². The lowest BCUT2D eigenvalue weighted by Crippen LogP contribution is -2.56. The van der Waals surface area contributed by atoms with Crippen LogP contribution < -0.4 is 0 Å². The largest absolute Gasteiger partial charge is 0.466 e. The van der Waals surface area contributed by atoms with Gasteiger partial charge in [-0.25, -0.2) is 0 Å². The van der Waals surface area contributed by atoms with Crippen molar-refractivity contribution in [3.8, 4) is 0 Å². The molecule has 28 heavy (non-hydrogen) atoms. The number of rotatable bonds is 3. The lowest BCUT2D eigenvalue weighted by atomic mass is 9.44. The topological polar surface area (TPSA) is 60.4 Å². The van der Waals surface area contributed by atoms with E-state index in [1.807, 2.05) is 0 Å². The summed E-state index contributed by atoms with van der Waals surface area (Å²) < 4.78 is 5.34. The van der Waals surface area contributed by atoms with Crippen LogP contribution in [0.2, 0.25) is 0 Å². The SMILES string of the molecule is CC(=O)OCC(C)[C@H]1CC[C@H]2[C@@H]3CC(=O)C4CC(=O)CC[C@]4(C)[C@H]3CC[C@]12C. The molecule has 0 spiro atoms. The third-order valence-corrected chi connectivity index (χ3v) is 9.59. The first-order valence-electron chi connectivity index (χ1n) is 11.3. The van der Waals surface area contributed by atoms with Gasteiger partial charge in [-0.1, -0.05) is 20.8 Å². The summed E-state index contributed by atoms with van der Waals surface area (Å²) in [4.78, 5) is 36.4. The number of carbonyl (C=O) groups is 3. The predicted molar refractivity (Wildman–Crippen MR) is 106 cm³/mol. The minimum Gasteiger partial charge on any atom is -0.466 e. The maximum absolute atomic E-state index is 13.1. The van der Waals surface area contributed by atoms with Crippen LogP contribution in [0.15, 0.2) is 0 Å². The third kappa shape index (κ3) is 2.97. The highest BCUT2D eigenvalue weighted by Crippen LogP contribution is 2.67. The average Bonchev–Trinajstić information content (AvgIpc) is 2.99. The first-order chi connectivity index (χ1) is 13.2. The zero-order valence-corrected chi connectivity index (χ0v) is 18.0. The molecule has 4 heteroatoms. The van der Waals surface area contributed by atoms with Crippen molar-refractivity contribution in [3.63, 3.8) is 0 Å². The first kappa shape index (κ1) is 20.1. The molecule has 4 aliphatic carbocycles. The summed E-state index contributed by atoms with van der Waals surface area (Å²) in [7, 11) is 0. The standard InChI is InChI=1S/C24H36O4/c1-14(13-28-15(2)25)18-5-6-19-17-12-22(27)21-11-16(26)7-9-24(21,4)20(17)8-10-23(18,19)3/h14,17-21H,5-13H2,1-4H3/t14?,17-,18+,19-,20-,21?,23+,24+/m0/s1. The number of fused-ring (bicyclic) bond motifs is 5. The molecule has 0 aliphatic heterocycles. The quantitative estimate of drug-likeness (QED) is 0.663. The Morgan fingerprint density at radius 1 is 1.07 bits per heavy atom. The highest BCUT2D eigenvalue weighted by atomic mass is 16.5. The van der Waals surface area contributed by atoms with E-state index in [1.54, 1.807) is 0 Å². The molecule has 0 N–H and O–H groups in total. The Labute approximate surface area is 169 Å². The summed E-state index contributed by atoms with van der Waals surface area (Å²) in [6.07, 6.45) is 7.50. The van der Waals surface area contributed by atoms with Crippen molar-refractivity contribution in [2.45, 2.75) is 79.1 Å². The number of hydrogen-bond acceptors (Lipinski definition) is 4. The Morgan fingerprint density at radius 3 is 2.50 bits per heavy atom. The van der Waals surface area contributed by atoms with E-state index in [4.69, 9.17) is 4.74 Å². The van der Waals surface area contributed by atoms with Crippen molar-refractivity contribution in [1.82, 2.24) is 0 Å². The van der Waals surface area contributed by atoms with Gasteiger partial charge in [-0.05, 0) is 72.5 Å². The summed E-state index contributed by atoms with van der Waals surface area (Å²) >= 11 is 0. The number of Topliss-reactive ketones (excluding diaryl/α,β-unsaturated/α-hetero) is 2. The molecule has 2 unspecified atom stereocenters. The maximum Gasteiger partial charge on any atom is 0.302 e. The molecule has 156 valence electrons. The van der Waals surface area contributed by atoms with Crippen molar-refractivity contribution in [2.75, 3.05) is 6.61 Å². The van der Waals surface area contributed by atoms with Gasteiger partial charge in [0, 0.05) is 32.1 Å². The molecule has 0 radical (unpaired) electrons. The zero-order valence-electron chi connectivity index (χ0n) is 18.0. The van der Waals surface area contributed by atoms with Crippen molar-refractivity contribution < 1.29 is 19.1 Å². The maximum atomic E-state index is 13.1. The fourth-order valence-corrected chi connectivity index (χ4v) is 8.18. The summed E-state index contributed by atoms with van der Waals surface area (Å²) in [6.45, 7) is 8.98. The zero-order chi connectivity index (χ0) is 20.3. The molecule has 4 nitrogen and oxygen atoms in total. The van der Waals surface area contributed by atoms with Crippen LogP contribution in [0.4, 0.5) is 0 Å². The Balaban J connectivity index is 1.56. The van der Waals surface area contributed by atoms with Gasteiger partial charge in [0.2, 0.25) is 0 Å². The molecule has 0 aromatic carbocycles. The van der Waals surface area contributed by atoms with Crippen LogP contribution in [-0.4, -0.2) is 24.1 Å². The van der Waals surface area contributed by atoms with Crippen LogP contribution in [0.25, 0.3) is 0 Å². The molecule has 4 rings (SSSR count). The van der Waals surface area contributed by atoms with Crippen LogP contribution >= 0.6 is 0 Å². The Morgan fingerprint density at radius 2 is 1.79 bits per heavy atom. The molecule has 0 bridgehead atoms. The Bertz CT molecular complexity index is 684. The van der Waals surface area contributed by atoms with Crippen LogP contribution in [0.5, 0.6) is 0 Å². The Kier molecular flexibility index (Phi) is 4.99. The van der Waals surface area contributed by atoms with E-state index >= 15 is 0 Å². The molecule has 0 amide bonds. The average molecular weight is 389 g/mol. The van der Waals surface area contributed by atoms with Crippen LogP contribution in [0, 0.1) is 46.3 Å². The minimum absolute atomic E-state index is 0.0245. The van der Waals surface area contributed by atoms with Crippen molar-refractivity contribution in [3.05, 3.63) is 0 Å². The number of hydrogen-bond donors (Lipinski definition) is 0. The molecule has 4 aliphatic rings. The fraction of sp³-hybridized carbons (Fsp3) is 0.875. The van der Waals surface area contributed by atoms with Gasteiger partial charge >= 0.3 is 5.97 Å². The number of ketones is 2. The van der Waals surface area contributed by atoms with Gasteiger partial charge in [0.15, 0.2) is 0 Å². The number of esters is 1. The van der Waals surface area contributed by atoms with Gasteiger partial charge in [0.05, 0.1) is 6.61 Å². The summed E-state index contributed by atoms with van der Waals surface area (Å²) in [5, 5.41) is 0. The molecular weight excluding hydrogens is 352 g/mol. The lowest BCUT2D eigenvalue weighted by molar-refractivity contribution is -0.159. The van der Waals surface area contributed by atoms with E-state index in [0.29, 0.717) is 61.2 Å². The first-order valence-corrected chi connectivity index (χ1v) is 11.3. The van der Waals surface area contributed by atoms with Crippen molar-refractivity contribution in [2.24, 2.45) is 46.3 Å². The highest BCUT2D eigenvalue weighted by molar-refractivity contribution is 5.90. The van der Waals surface area contributed by atoms with E-state index in [2.05, 4.69) is 20.8 Å². The van der Waals surface area contributed by atoms with Crippen molar-refractivity contribution in [1.29, 1.82) is 0 Å². The second-order valence-electron chi connectivity index (χ2n) is 10.9. The molecule has 0 saturated heterocycles. The van der Waals surface area contributed by atoms with E-state index in [-0.39, 0.29) is 28.5 Å². The summed E-state index contributed by atoms with van der Waals surface area (Å²) in [6, 6.07) is 0. The van der Waals surface area contributed by atoms with E-state index in [9.17, 15) is 14.4 Å². The summed E-state index contributed by atoms with van der Waals surface area (Å²) in [5.41, 5.74) is 0.269. The minimum atomic E-state index is -0.195. The van der Waals surface area contributed by atoms with Crippen LogP contribution in [0.3, 0.4) is 0 Å². The molecule has 0 aromatic rings. The van der Waals surface area contributed by atoms with E-state index in [0.717, 1.165) is 6.42 Å². The van der Waals surface area contributed by atoms with Gasteiger partial charge in [0.1, 0.15) is 11.6 Å². The van der Waals surface area contributed by atoms with Gasteiger partial charge in [0.25, 0.3) is 0 Å². The smallest absolute Gasteiger partial charge is 0.302 e. The van der Waals surface area contributed by atoms with Gasteiger partial charge in [-0.3, -0.25) is 14.4 Å².